The zero-order chi connectivity index (χ0) is 15.9. The molecule has 126 valence electrons. The van der Waals surface area contributed by atoms with Crippen LogP contribution < -0.4 is 11.1 Å². The van der Waals surface area contributed by atoms with Crippen LogP contribution in [-0.4, -0.2) is 15.7 Å². The Balaban J connectivity index is 0.00000264. The number of anilines is 1. The van der Waals surface area contributed by atoms with E-state index in [1.165, 1.54) is 0 Å². The van der Waals surface area contributed by atoms with Crippen molar-refractivity contribution in [3.05, 3.63) is 48.2 Å². The predicted molar refractivity (Wildman–Crippen MR) is 95.5 cm³/mol. The van der Waals surface area contributed by atoms with Crippen LogP contribution in [0.1, 0.15) is 38.3 Å². The van der Waals surface area contributed by atoms with Crippen molar-refractivity contribution in [2.45, 2.75) is 39.3 Å². The third kappa shape index (κ3) is 5.08. The highest BCUT2D eigenvalue weighted by Crippen LogP contribution is 2.20. The summed E-state index contributed by atoms with van der Waals surface area (Å²) in [6.45, 7) is 4.78. The zero-order valence-electron chi connectivity index (χ0n) is 13.6. The summed E-state index contributed by atoms with van der Waals surface area (Å²) in [5.41, 5.74) is 7.17. The Morgan fingerprint density at radius 1 is 1.30 bits per heavy atom. The molecular weight excluding hydrogens is 312 g/mol. The Morgan fingerprint density at radius 3 is 2.65 bits per heavy atom. The summed E-state index contributed by atoms with van der Waals surface area (Å²) in [4.78, 5) is 12.4. The highest BCUT2D eigenvalue weighted by Gasteiger charge is 2.22. The van der Waals surface area contributed by atoms with E-state index in [0.717, 1.165) is 30.8 Å². The maximum Gasteiger partial charge on any atom is 0.230 e. The number of nitrogens with two attached hydrogens (primary N) is 1. The molecule has 0 saturated carbocycles. The van der Waals surface area contributed by atoms with Gasteiger partial charge < -0.3 is 11.1 Å². The van der Waals surface area contributed by atoms with Gasteiger partial charge in [0, 0.05) is 18.7 Å². The van der Waals surface area contributed by atoms with E-state index in [4.69, 9.17) is 5.73 Å². The molecule has 0 radical (unpaired) electrons. The average molecular weight is 337 g/mol. The lowest BCUT2D eigenvalue weighted by molar-refractivity contribution is -0.120. The molecule has 2 rings (SSSR count). The van der Waals surface area contributed by atoms with Gasteiger partial charge in [0.15, 0.2) is 0 Å². The summed E-state index contributed by atoms with van der Waals surface area (Å²) in [5.74, 6) is 0.317. The second-order valence-corrected chi connectivity index (χ2v) is 5.51. The van der Waals surface area contributed by atoms with E-state index in [9.17, 15) is 4.79 Å². The molecule has 2 unspecified atom stereocenters. The van der Waals surface area contributed by atoms with Gasteiger partial charge >= 0.3 is 0 Å². The molecule has 1 aromatic heterocycles. The summed E-state index contributed by atoms with van der Waals surface area (Å²) in [6, 6.07) is 11.2. The van der Waals surface area contributed by atoms with E-state index in [1.807, 2.05) is 48.0 Å². The molecule has 23 heavy (non-hydrogen) atoms. The third-order valence-corrected chi connectivity index (χ3v) is 3.83. The molecule has 0 aliphatic heterocycles. The molecule has 2 aromatic rings. The van der Waals surface area contributed by atoms with E-state index in [-0.39, 0.29) is 30.3 Å². The summed E-state index contributed by atoms with van der Waals surface area (Å²) in [6.07, 6.45) is 3.82. The van der Waals surface area contributed by atoms with Crippen LogP contribution in [0.4, 0.5) is 5.82 Å². The topological polar surface area (TPSA) is 72.9 Å². The summed E-state index contributed by atoms with van der Waals surface area (Å²) in [5, 5.41) is 7.17. The van der Waals surface area contributed by atoms with E-state index >= 15 is 0 Å². The minimum absolute atomic E-state index is 0. The number of aromatic nitrogens is 2. The van der Waals surface area contributed by atoms with Gasteiger partial charge in [0.25, 0.3) is 0 Å². The number of hydrogen-bond acceptors (Lipinski definition) is 3. The first-order valence-corrected chi connectivity index (χ1v) is 7.76. The van der Waals surface area contributed by atoms with Crippen molar-refractivity contribution >= 4 is 24.1 Å². The molecule has 2 atom stereocenters. The molecule has 5 nitrogen and oxygen atoms in total. The minimum atomic E-state index is -0.326. The van der Waals surface area contributed by atoms with Crippen LogP contribution in [0.5, 0.6) is 0 Å². The molecule has 1 amide bonds. The lowest BCUT2D eigenvalue weighted by atomic mass is 9.95. The average Bonchev–Trinajstić information content (AvgIpc) is 2.99. The maximum absolute atomic E-state index is 12.4. The number of carbonyl (C=O) groups excluding carboxylic acids is 1. The van der Waals surface area contributed by atoms with Gasteiger partial charge in [-0.3, -0.25) is 4.79 Å². The Kier molecular flexibility index (Phi) is 7.78. The van der Waals surface area contributed by atoms with Crippen molar-refractivity contribution in [1.29, 1.82) is 0 Å². The quantitative estimate of drug-likeness (QED) is 0.814. The number of nitrogens with one attached hydrogen (secondary N) is 1. The van der Waals surface area contributed by atoms with Crippen LogP contribution in [0, 0.1) is 5.92 Å². The van der Waals surface area contributed by atoms with Crippen molar-refractivity contribution < 1.29 is 4.79 Å². The molecule has 1 heterocycles. The highest BCUT2D eigenvalue weighted by molar-refractivity contribution is 5.92. The van der Waals surface area contributed by atoms with Crippen LogP contribution >= 0.6 is 12.4 Å². The van der Waals surface area contributed by atoms with Gasteiger partial charge in [-0.2, -0.15) is 5.10 Å². The van der Waals surface area contributed by atoms with Gasteiger partial charge in [0.2, 0.25) is 5.91 Å². The molecular formula is C17H25ClN4O. The van der Waals surface area contributed by atoms with Gasteiger partial charge in [-0.05, 0) is 12.0 Å². The Bertz CT molecular complexity index is 600. The van der Waals surface area contributed by atoms with E-state index in [1.54, 1.807) is 6.20 Å². The van der Waals surface area contributed by atoms with Crippen LogP contribution in [0.25, 0.3) is 0 Å². The van der Waals surface area contributed by atoms with Gasteiger partial charge in [-0.15, -0.1) is 12.4 Å². The molecule has 0 saturated heterocycles. The van der Waals surface area contributed by atoms with Gasteiger partial charge in [-0.25, -0.2) is 4.68 Å². The lowest BCUT2D eigenvalue weighted by Crippen LogP contribution is -2.31. The Labute approximate surface area is 143 Å². The molecule has 1 aromatic carbocycles. The van der Waals surface area contributed by atoms with Crippen molar-refractivity contribution in [3.63, 3.8) is 0 Å². The second-order valence-electron chi connectivity index (χ2n) is 5.51. The van der Waals surface area contributed by atoms with Crippen molar-refractivity contribution in [3.8, 4) is 0 Å². The van der Waals surface area contributed by atoms with Gasteiger partial charge in [0.1, 0.15) is 5.82 Å². The number of nitrogens with zero attached hydrogens (tertiary/aromatic N) is 2. The molecule has 6 heteroatoms. The molecule has 0 spiro atoms. The fraction of sp³-hybridized carbons (Fsp3) is 0.412. The van der Waals surface area contributed by atoms with Crippen LogP contribution in [0.2, 0.25) is 0 Å². The number of unbranched alkanes of at least 4 members (excludes halogenated alkanes) is 1. The first-order chi connectivity index (χ1) is 10.6. The zero-order valence-corrected chi connectivity index (χ0v) is 14.4. The number of aryl methyl sites for hydroxylation is 1. The monoisotopic (exact) mass is 336 g/mol. The number of benzene rings is 1. The number of hydrogen-bond donors (Lipinski definition) is 2. The van der Waals surface area contributed by atoms with Gasteiger partial charge in [-0.1, -0.05) is 50.6 Å². The fourth-order valence-electron chi connectivity index (χ4n) is 2.29. The third-order valence-electron chi connectivity index (χ3n) is 3.83. The number of amides is 1. The molecule has 0 aliphatic rings. The Hall–Kier alpha value is -1.85. The van der Waals surface area contributed by atoms with Crippen molar-refractivity contribution in [2.75, 3.05) is 5.32 Å². The highest BCUT2D eigenvalue weighted by atomic mass is 35.5. The standard InChI is InChI=1S/C17H24N4O.ClH/c1-3-4-12-21-15(10-11-19-21)20-17(22)13(2)16(18)14-8-6-5-7-9-14;/h5-11,13,16H,3-4,12,18H2,1-2H3,(H,20,22);1H. The maximum atomic E-state index is 12.4. The first kappa shape index (κ1) is 19.2. The summed E-state index contributed by atoms with van der Waals surface area (Å²) >= 11 is 0. The smallest absolute Gasteiger partial charge is 0.230 e. The minimum Gasteiger partial charge on any atom is -0.323 e. The van der Waals surface area contributed by atoms with Crippen LogP contribution in [0.15, 0.2) is 42.6 Å². The van der Waals surface area contributed by atoms with E-state index < -0.39 is 0 Å². The molecule has 0 aliphatic carbocycles. The predicted octanol–water partition coefficient (Wildman–Crippen LogP) is 3.38. The number of halogens is 1. The summed E-state index contributed by atoms with van der Waals surface area (Å²) < 4.78 is 1.82. The van der Waals surface area contributed by atoms with Crippen molar-refractivity contribution in [1.82, 2.24) is 9.78 Å². The second kappa shape index (κ2) is 9.33. The SMILES string of the molecule is CCCCn1nccc1NC(=O)C(C)C(N)c1ccccc1.Cl. The normalized spacial score (nSPS) is 13.0. The molecule has 0 fully saturated rings. The molecule has 3 N–H and O–H groups in total. The Morgan fingerprint density at radius 2 is 2.00 bits per heavy atom. The molecule has 0 bridgehead atoms. The number of rotatable bonds is 7. The summed E-state index contributed by atoms with van der Waals surface area (Å²) in [7, 11) is 0. The first-order valence-electron chi connectivity index (χ1n) is 7.76. The van der Waals surface area contributed by atoms with Crippen LogP contribution in [0.3, 0.4) is 0 Å². The van der Waals surface area contributed by atoms with E-state index in [0.29, 0.717) is 0 Å². The lowest BCUT2D eigenvalue weighted by Gasteiger charge is -2.20. The van der Waals surface area contributed by atoms with E-state index in [2.05, 4.69) is 17.3 Å². The largest absolute Gasteiger partial charge is 0.323 e. The number of carbonyl (C=O) groups is 1. The van der Waals surface area contributed by atoms with Gasteiger partial charge in [0.05, 0.1) is 12.1 Å². The van der Waals surface area contributed by atoms with Crippen molar-refractivity contribution in [2.24, 2.45) is 11.7 Å². The van der Waals surface area contributed by atoms with Crippen LogP contribution in [-0.2, 0) is 11.3 Å². The fourth-order valence-corrected chi connectivity index (χ4v) is 2.29.